The Hall–Kier alpha value is -0.690. The monoisotopic (exact) mass is 260 g/mol. The van der Waals surface area contributed by atoms with E-state index >= 15 is 0 Å². The van der Waals surface area contributed by atoms with E-state index in [-0.39, 0.29) is 6.61 Å². The number of hydrogen-bond acceptors (Lipinski definition) is 5. The number of nitrogens with zero attached hydrogens (tertiary/aromatic N) is 1. The quantitative estimate of drug-likeness (QED) is 0.560. The van der Waals surface area contributed by atoms with Gasteiger partial charge in [-0.25, -0.2) is 0 Å². The lowest BCUT2D eigenvalue weighted by Gasteiger charge is -2.29. The van der Waals surface area contributed by atoms with E-state index in [1.165, 1.54) is 0 Å². The fourth-order valence-corrected chi connectivity index (χ4v) is 1.70. The smallest absolute Gasteiger partial charge is 0.249 e. The Morgan fingerprint density at radius 1 is 1.44 bits per heavy atom. The largest absolute Gasteiger partial charge is 0.396 e. The third kappa shape index (κ3) is 4.53. The molecule has 0 spiro atoms. The van der Waals surface area contributed by atoms with Gasteiger partial charge in [-0.1, -0.05) is 13.8 Å². The number of rotatable bonds is 6. The minimum absolute atomic E-state index is 0.231. The van der Waals surface area contributed by atoms with Gasteiger partial charge in [0.15, 0.2) is 0 Å². The zero-order valence-corrected chi connectivity index (χ0v) is 11.2. The van der Waals surface area contributed by atoms with Crippen molar-refractivity contribution in [2.24, 2.45) is 5.41 Å². The van der Waals surface area contributed by atoms with Crippen molar-refractivity contribution < 1.29 is 19.7 Å². The summed E-state index contributed by atoms with van der Waals surface area (Å²) in [5.41, 5.74) is -0.816. The molecule has 1 saturated heterocycles. The van der Waals surface area contributed by atoms with E-state index in [1.54, 1.807) is 13.8 Å². The molecule has 0 saturated carbocycles. The Labute approximate surface area is 108 Å². The van der Waals surface area contributed by atoms with Crippen molar-refractivity contribution in [3.63, 3.8) is 0 Å². The predicted octanol–water partition coefficient (Wildman–Crippen LogP) is -1.19. The molecule has 0 aromatic heterocycles. The molecule has 1 fully saturated rings. The Morgan fingerprint density at radius 3 is 2.61 bits per heavy atom. The second-order valence-corrected chi connectivity index (χ2v) is 5.29. The van der Waals surface area contributed by atoms with Crippen LogP contribution in [0, 0.1) is 5.41 Å². The number of amides is 1. The molecule has 106 valence electrons. The lowest BCUT2D eigenvalue weighted by molar-refractivity contribution is -0.137. The Bertz CT molecular complexity index is 265. The van der Waals surface area contributed by atoms with Gasteiger partial charge in [0.25, 0.3) is 0 Å². The molecule has 1 amide bonds. The second-order valence-electron chi connectivity index (χ2n) is 5.29. The third-order valence-electron chi connectivity index (χ3n) is 3.23. The Balaban J connectivity index is 2.24. The summed E-state index contributed by atoms with van der Waals surface area (Å²) in [4.78, 5) is 13.9. The van der Waals surface area contributed by atoms with Crippen molar-refractivity contribution in [3.8, 4) is 0 Å². The number of ether oxygens (including phenoxy) is 1. The van der Waals surface area contributed by atoms with Crippen LogP contribution in [0.5, 0.6) is 0 Å². The van der Waals surface area contributed by atoms with E-state index in [0.29, 0.717) is 6.54 Å². The van der Waals surface area contributed by atoms with Crippen LogP contribution in [-0.2, 0) is 9.53 Å². The van der Waals surface area contributed by atoms with Crippen molar-refractivity contribution in [2.45, 2.75) is 20.0 Å². The maximum absolute atomic E-state index is 11.7. The molecule has 1 rings (SSSR count). The van der Waals surface area contributed by atoms with Gasteiger partial charge in [0.2, 0.25) is 5.91 Å². The molecule has 18 heavy (non-hydrogen) atoms. The number of nitrogens with one attached hydrogen (secondary N) is 1. The van der Waals surface area contributed by atoms with Gasteiger partial charge in [-0.05, 0) is 0 Å². The van der Waals surface area contributed by atoms with E-state index in [9.17, 15) is 9.90 Å². The summed E-state index contributed by atoms with van der Waals surface area (Å²) in [5.74, 6) is -0.428. The minimum Gasteiger partial charge on any atom is -0.396 e. The summed E-state index contributed by atoms with van der Waals surface area (Å²) >= 11 is 0. The first-order valence-electron chi connectivity index (χ1n) is 6.34. The average Bonchev–Trinajstić information content (AvgIpc) is 2.39. The van der Waals surface area contributed by atoms with Crippen molar-refractivity contribution >= 4 is 5.91 Å². The molecule has 1 heterocycles. The van der Waals surface area contributed by atoms with E-state index < -0.39 is 17.4 Å². The topological polar surface area (TPSA) is 82.0 Å². The van der Waals surface area contributed by atoms with Crippen LogP contribution in [0.3, 0.4) is 0 Å². The van der Waals surface area contributed by atoms with E-state index in [1.807, 2.05) is 0 Å². The number of carbonyl (C=O) groups is 1. The lowest BCUT2D eigenvalue weighted by atomic mass is 9.87. The van der Waals surface area contributed by atoms with Crippen LogP contribution in [0.2, 0.25) is 0 Å². The summed E-state index contributed by atoms with van der Waals surface area (Å²) in [6.07, 6.45) is -1.19. The number of aliphatic hydroxyl groups excluding tert-OH is 2. The highest BCUT2D eigenvalue weighted by Crippen LogP contribution is 2.19. The van der Waals surface area contributed by atoms with Crippen LogP contribution in [0.15, 0.2) is 0 Å². The first kappa shape index (κ1) is 15.4. The van der Waals surface area contributed by atoms with Gasteiger partial charge >= 0.3 is 0 Å². The zero-order chi connectivity index (χ0) is 13.6. The molecule has 0 aromatic rings. The molecule has 1 unspecified atom stereocenters. The molecule has 1 aliphatic rings. The third-order valence-corrected chi connectivity index (χ3v) is 3.23. The van der Waals surface area contributed by atoms with Crippen LogP contribution in [-0.4, -0.2) is 73.1 Å². The average molecular weight is 260 g/mol. The normalized spacial score (nSPS) is 19.6. The highest BCUT2D eigenvalue weighted by atomic mass is 16.5. The van der Waals surface area contributed by atoms with Crippen LogP contribution >= 0.6 is 0 Å². The summed E-state index contributed by atoms with van der Waals surface area (Å²) in [6.45, 7) is 7.53. The second kappa shape index (κ2) is 7.04. The number of hydrogen-bond donors (Lipinski definition) is 3. The Morgan fingerprint density at radius 2 is 2.06 bits per heavy atom. The van der Waals surface area contributed by atoms with Crippen molar-refractivity contribution in [3.05, 3.63) is 0 Å². The zero-order valence-electron chi connectivity index (χ0n) is 11.2. The SMILES string of the molecule is CC(C)(CO)C(O)C(=O)NCCN1CCOCC1. The van der Waals surface area contributed by atoms with Gasteiger partial charge in [0.1, 0.15) is 6.10 Å². The predicted molar refractivity (Wildman–Crippen MR) is 67.1 cm³/mol. The standard InChI is InChI=1S/C12H24N2O4/c1-12(2,9-15)10(16)11(17)13-3-4-14-5-7-18-8-6-14/h10,15-16H,3-9H2,1-2H3,(H,13,17). The van der Waals surface area contributed by atoms with Crippen molar-refractivity contribution in [1.29, 1.82) is 0 Å². The molecule has 0 aliphatic carbocycles. The van der Waals surface area contributed by atoms with E-state index in [2.05, 4.69) is 10.2 Å². The van der Waals surface area contributed by atoms with Crippen LogP contribution in [0.1, 0.15) is 13.8 Å². The lowest BCUT2D eigenvalue weighted by Crippen LogP contribution is -2.48. The van der Waals surface area contributed by atoms with Gasteiger partial charge in [-0.3, -0.25) is 9.69 Å². The van der Waals surface area contributed by atoms with Gasteiger partial charge in [0, 0.05) is 31.6 Å². The molecule has 0 aromatic carbocycles. The molecule has 6 nitrogen and oxygen atoms in total. The maximum Gasteiger partial charge on any atom is 0.249 e. The number of aliphatic hydroxyl groups is 2. The molecular weight excluding hydrogens is 236 g/mol. The van der Waals surface area contributed by atoms with Crippen LogP contribution < -0.4 is 5.32 Å². The number of carbonyl (C=O) groups excluding carboxylic acids is 1. The minimum atomic E-state index is -1.19. The molecule has 6 heteroatoms. The highest BCUT2D eigenvalue weighted by molar-refractivity contribution is 5.81. The molecule has 3 N–H and O–H groups in total. The molecular formula is C12H24N2O4. The molecule has 0 bridgehead atoms. The summed E-state index contributed by atoms with van der Waals surface area (Å²) in [7, 11) is 0. The summed E-state index contributed by atoms with van der Waals surface area (Å²) < 4.78 is 5.23. The fourth-order valence-electron chi connectivity index (χ4n) is 1.70. The van der Waals surface area contributed by atoms with Crippen molar-refractivity contribution in [2.75, 3.05) is 46.0 Å². The fraction of sp³-hybridized carbons (Fsp3) is 0.917. The summed E-state index contributed by atoms with van der Waals surface area (Å²) in [6, 6.07) is 0. The molecule has 1 atom stereocenters. The number of morpholine rings is 1. The van der Waals surface area contributed by atoms with Crippen LogP contribution in [0.25, 0.3) is 0 Å². The molecule has 1 aliphatic heterocycles. The van der Waals surface area contributed by atoms with E-state index in [0.717, 1.165) is 32.8 Å². The maximum atomic E-state index is 11.7. The first-order valence-corrected chi connectivity index (χ1v) is 6.34. The van der Waals surface area contributed by atoms with Crippen LogP contribution in [0.4, 0.5) is 0 Å². The van der Waals surface area contributed by atoms with Gasteiger partial charge in [-0.2, -0.15) is 0 Å². The first-order chi connectivity index (χ1) is 8.47. The van der Waals surface area contributed by atoms with E-state index in [4.69, 9.17) is 9.84 Å². The highest BCUT2D eigenvalue weighted by Gasteiger charge is 2.32. The summed E-state index contributed by atoms with van der Waals surface area (Å²) in [5, 5.41) is 21.5. The molecule has 0 radical (unpaired) electrons. The van der Waals surface area contributed by atoms with Gasteiger partial charge < -0.3 is 20.3 Å². The van der Waals surface area contributed by atoms with Gasteiger partial charge in [-0.15, -0.1) is 0 Å². The van der Waals surface area contributed by atoms with Gasteiger partial charge in [0.05, 0.1) is 19.8 Å². The Kier molecular flexibility index (Phi) is 6.01. The van der Waals surface area contributed by atoms with Crippen molar-refractivity contribution in [1.82, 2.24) is 10.2 Å².